The molecule has 160 valence electrons. The van der Waals surface area contributed by atoms with Crippen molar-refractivity contribution in [3.63, 3.8) is 0 Å². The van der Waals surface area contributed by atoms with E-state index in [0.29, 0.717) is 29.8 Å². The van der Waals surface area contributed by atoms with Crippen molar-refractivity contribution in [1.82, 2.24) is 0 Å². The number of aliphatic hydroxyl groups is 1. The molecule has 7 nitrogen and oxygen atoms in total. The second kappa shape index (κ2) is 8.05. The number of fused-ring (bicyclic) bond motifs is 1. The molecule has 3 aromatic rings. The van der Waals surface area contributed by atoms with Crippen molar-refractivity contribution in [3.8, 4) is 16.9 Å². The lowest BCUT2D eigenvalue weighted by Crippen LogP contribution is -2.37. The Balaban J connectivity index is 1.72. The van der Waals surface area contributed by atoms with Gasteiger partial charge in [-0.1, -0.05) is 30.3 Å². The van der Waals surface area contributed by atoms with Crippen molar-refractivity contribution >= 4 is 27.3 Å². The lowest BCUT2D eigenvalue weighted by molar-refractivity contribution is 0.0980. The number of phenols is 1. The molecule has 1 aliphatic heterocycles. The number of benzene rings is 3. The molecule has 0 bridgehead atoms. The maximum atomic E-state index is 13.3. The predicted octanol–water partition coefficient (Wildman–Crippen LogP) is 3.13. The second-order valence-electron chi connectivity index (χ2n) is 7.47. The summed E-state index contributed by atoms with van der Waals surface area (Å²) in [4.78, 5) is 14.8. The summed E-state index contributed by atoms with van der Waals surface area (Å²) in [5.74, 6) is -0.472. The van der Waals surface area contributed by atoms with E-state index >= 15 is 0 Å². The number of sulfonamides is 1. The highest BCUT2D eigenvalue weighted by Crippen LogP contribution is 2.34. The number of hydrogen-bond acceptors (Lipinski definition) is 5. The average molecular weight is 439 g/mol. The zero-order valence-corrected chi connectivity index (χ0v) is 17.7. The highest BCUT2D eigenvalue weighted by Gasteiger charge is 2.27. The van der Waals surface area contributed by atoms with Crippen LogP contribution >= 0.6 is 0 Å². The first-order valence-electron chi connectivity index (χ1n) is 9.71. The summed E-state index contributed by atoms with van der Waals surface area (Å²) in [5.41, 5.74) is 4.40. The van der Waals surface area contributed by atoms with E-state index in [2.05, 4.69) is 4.72 Å². The molecular formula is C23H22N2O5S. The average Bonchev–Trinajstić information content (AvgIpc) is 2.75. The van der Waals surface area contributed by atoms with Crippen LogP contribution in [-0.4, -0.2) is 37.3 Å². The Morgan fingerprint density at radius 3 is 2.45 bits per heavy atom. The van der Waals surface area contributed by atoms with Gasteiger partial charge in [-0.3, -0.25) is 9.52 Å². The molecule has 1 amide bonds. The maximum Gasteiger partial charge on any atom is 0.258 e. The minimum Gasteiger partial charge on any atom is -0.506 e. The summed E-state index contributed by atoms with van der Waals surface area (Å²) in [7, 11) is -3.59. The number of nitrogens with one attached hydrogen (secondary N) is 1. The van der Waals surface area contributed by atoms with Crippen LogP contribution in [0.1, 0.15) is 21.5 Å². The number of hydrogen-bond donors (Lipinski definition) is 3. The van der Waals surface area contributed by atoms with Crippen molar-refractivity contribution in [2.24, 2.45) is 0 Å². The number of nitrogens with zero attached hydrogens (tertiary/aromatic N) is 1. The van der Waals surface area contributed by atoms with Gasteiger partial charge in [0.25, 0.3) is 5.91 Å². The molecule has 0 fully saturated rings. The monoisotopic (exact) mass is 438 g/mol. The number of anilines is 2. The summed E-state index contributed by atoms with van der Waals surface area (Å²) in [6, 6.07) is 17.7. The summed E-state index contributed by atoms with van der Waals surface area (Å²) >= 11 is 0. The Bertz CT molecular complexity index is 1260. The lowest BCUT2D eigenvalue weighted by atomic mass is 9.90. The SMILES string of the molecule is CS(=O)(=O)Nc1cc(N2CCc3cc(-c4ccccc4)c(CO)cc3C2=O)ccc1O. The third-order valence-electron chi connectivity index (χ3n) is 5.25. The number of aliphatic hydroxyl groups excluding tert-OH is 1. The van der Waals surface area contributed by atoms with Crippen molar-refractivity contribution < 1.29 is 23.4 Å². The molecule has 0 spiro atoms. The summed E-state index contributed by atoms with van der Waals surface area (Å²) in [6.45, 7) is 0.202. The Morgan fingerprint density at radius 1 is 1.03 bits per heavy atom. The van der Waals surface area contributed by atoms with Crippen LogP contribution in [0.3, 0.4) is 0 Å². The molecule has 3 aromatic carbocycles. The van der Waals surface area contributed by atoms with E-state index < -0.39 is 10.0 Å². The normalized spacial score (nSPS) is 13.7. The number of aromatic hydroxyl groups is 1. The van der Waals surface area contributed by atoms with Crippen LogP contribution in [-0.2, 0) is 23.1 Å². The van der Waals surface area contributed by atoms with Gasteiger partial charge in [0.15, 0.2) is 0 Å². The first kappa shape index (κ1) is 20.9. The number of amides is 1. The van der Waals surface area contributed by atoms with Crippen LogP contribution in [0.25, 0.3) is 11.1 Å². The van der Waals surface area contributed by atoms with E-state index in [9.17, 15) is 23.4 Å². The van der Waals surface area contributed by atoms with Gasteiger partial charge in [0.1, 0.15) is 5.75 Å². The molecule has 0 atom stereocenters. The molecule has 0 unspecified atom stereocenters. The van der Waals surface area contributed by atoms with E-state index in [1.807, 2.05) is 36.4 Å². The number of carbonyl (C=O) groups excluding carboxylic acids is 1. The van der Waals surface area contributed by atoms with Gasteiger partial charge in [0, 0.05) is 17.8 Å². The standard InChI is InChI=1S/C23H22N2O5S/c1-31(29,30)24-21-13-18(7-8-22(21)27)25-10-9-16-11-19(15-5-3-2-4-6-15)17(14-26)12-20(16)23(25)28/h2-8,11-13,24,26-27H,9-10,14H2,1H3. The summed E-state index contributed by atoms with van der Waals surface area (Å²) in [6.07, 6.45) is 1.59. The van der Waals surface area contributed by atoms with Crippen molar-refractivity contribution in [2.45, 2.75) is 13.0 Å². The van der Waals surface area contributed by atoms with Gasteiger partial charge in [0.2, 0.25) is 10.0 Å². The van der Waals surface area contributed by atoms with E-state index in [4.69, 9.17) is 0 Å². The lowest BCUT2D eigenvalue weighted by Gasteiger charge is -2.30. The first-order chi connectivity index (χ1) is 14.8. The molecule has 31 heavy (non-hydrogen) atoms. The minimum absolute atomic E-state index is 0.00840. The molecule has 8 heteroatoms. The van der Waals surface area contributed by atoms with Gasteiger partial charge in [-0.25, -0.2) is 8.42 Å². The zero-order chi connectivity index (χ0) is 22.2. The van der Waals surface area contributed by atoms with Crippen LogP contribution in [0, 0.1) is 0 Å². The van der Waals surface area contributed by atoms with Crippen LogP contribution < -0.4 is 9.62 Å². The quantitative estimate of drug-likeness (QED) is 0.531. The Hall–Kier alpha value is -3.36. The Kier molecular flexibility index (Phi) is 5.43. The third-order valence-corrected chi connectivity index (χ3v) is 5.84. The highest BCUT2D eigenvalue weighted by molar-refractivity contribution is 7.92. The topological polar surface area (TPSA) is 107 Å². The number of carbonyl (C=O) groups is 1. The molecule has 0 radical (unpaired) electrons. The maximum absolute atomic E-state index is 13.3. The van der Waals surface area contributed by atoms with Gasteiger partial charge in [-0.15, -0.1) is 0 Å². The minimum atomic E-state index is -3.59. The van der Waals surface area contributed by atoms with Crippen LogP contribution in [0.2, 0.25) is 0 Å². The molecular weight excluding hydrogens is 416 g/mol. The second-order valence-corrected chi connectivity index (χ2v) is 9.22. The van der Waals surface area contributed by atoms with E-state index in [1.165, 1.54) is 12.1 Å². The molecule has 3 N–H and O–H groups in total. The fourth-order valence-electron chi connectivity index (χ4n) is 3.81. The fraction of sp³-hybridized carbons (Fsp3) is 0.174. The van der Waals surface area contributed by atoms with Crippen molar-refractivity contribution in [3.05, 3.63) is 77.4 Å². The molecule has 0 saturated heterocycles. The largest absolute Gasteiger partial charge is 0.506 e. The van der Waals surface area contributed by atoms with E-state index in [-0.39, 0.29) is 24.0 Å². The van der Waals surface area contributed by atoms with Gasteiger partial charge < -0.3 is 15.1 Å². The van der Waals surface area contributed by atoms with Gasteiger partial charge >= 0.3 is 0 Å². The van der Waals surface area contributed by atoms with E-state index in [1.54, 1.807) is 17.0 Å². The van der Waals surface area contributed by atoms with Crippen LogP contribution in [0.4, 0.5) is 11.4 Å². The van der Waals surface area contributed by atoms with Gasteiger partial charge in [-0.05, 0) is 59.0 Å². The van der Waals surface area contributed by atoms with Crippen LogP contribution in [0.15, 0.2) is 60.7 Å². The smallest absolute Gasteiger partial charge is 0.258 e. The predicted molar refractivity (Wildman–Crippen MR) is 120 cm³/mol. The van der Waals surface area contributed by atoms with E-state index in [0.717, 1.165) is 22.9 Å². The van der Waals surface area contributed by atoms with Crippen molar-refractivity contribution in [2.75, 3.05) is 22.4 Å². The molecule has 0 aliphatic carbocycles. The van der Waals surface area contributed by atoms with Crippen LogP contribution in [0.5, 0.6) is 5.75 Å². The number of rotatable bonds is 5. The zero-order valence-electron chi connectivity index (χ0n) is 16.9. The highest BCUT2D eigenvalue weighted by atomic mass is 32.2. The van der Waals surface area contributed by atoms with Crippen molar-refractivity contribution in [1.29, 1.82) is 0 Å². The molecule has 1 aliphatic rings. The Labute approximate surface area is 180 Å². The Morgan fingerprint density at radius 2 is 1.77 bits per heavy atom. The van der Waals surface area contributed by atoms with Gasteiger partial charge in [-0.2, -0.15) is 0 Å². The first-order valence-corrected chi connectivity index (χ1v) is 11.6. The fourth-order valence-corrected chi connectivity index (χ4v) is 4.37. The van der Waals surface area contributed by atoms with Gasteiger partial charge in [0.05, 0.1) is 18.6 Å². The molecule has 0 saturated carbocycles. The summed E-state index contributed by atoms with van der Waals surface area (Å²) in [5, 5.41) is 19.9. The summed E-state index contributed by atoms with van der Waals surface area (Å²) < 4.78 is 25.4. The molecule has 1 heterocycles. The molecule has 4 rings (SSSR count). The number of phenolic OH excluding ortho intramolecular Hbond substituents is 1. The molecule has 0 aromatic heterocycles. The third kappa shape index (κ3) is 4.26.